The molecule has 1 unspecified atom stereocenters. The fraction of sp³-hybridized carbons (Fsp3) is 0.533. The topological polar surface area (TPSA) is 59.6 Å². The number of amides is 1. The Hall–Kier alpha value is -1.75. The van der Waals surface area contributed by atoms with E-state index in [0.717, 1.165) is 23.5 Å². The molecule has 0 radical (unpaired) electrons. The van der Waals surface area contributed by atoms with Crippen molar-refractivity contribution in [2.24, 2.45) is 0 Å². The van der Waals surface area contributed by atoms with Gasteiger partial charge in [0.2, 0.25) is 5.91 Å². The number of rotatable bonds is 8. The number of carbonyl (C=O) groups is 1. The van der Waals surface area contributed by atoms with E-state index in [2.05, 4.69) is 17.6 Å². The van der Waals surface area contributed by atoms with Crippen LogP contribution in [0.1, 0.15) is 31.4 Å². The molecule has 1 aromatic rings. The molecule has 1 amide bonds. The second-order valence-corrected chi connectivity index (χ2v) is 4.45. The highest BCUT2D eigenvalue weighted by molar-refractivity contribution is 5.75. The first kappa shape index (κ1) is 16.3. The van der Waals surface area contributed by atoms with E-state index in [1.54, 1.807) is 21.3 Å². The molecule has 20 heavy (non-hydrogen) atoms. The highest BCUT2D eigenvalue weighted by Gasteiger charge is 2.12. The Labute approximate surface area is 120 Å². The molecule has 0 aliphatic carbocycles. The van der Waals surface area contributed by atoms with E-state index in [1.165, 1.54) is 0 Å². The van der Waals surface area contributed by atoms with Gasteiger partial charge < -0.3 is 20.1 Å². The number of nitrogens with one attached hydrogen (secondary N) is 2. The van der Waals surface area contributed by atoms with Crippen LogP contribution in [0, 0.1) is 0 Å². The third-order valence-corrected chi connectivity index (χ3v) is 3.24. The number of methoxy groups -OCH3 is 2. The Kier molecular flexibility index (Phi) is 6.87. The van der Waals surface area contributed by atoms with Gasteiger partial charge in [-0.1, -0.05) is 13.0 Å². The minimum absolute atomic E-state index is 0.0414. The van der Waals surface area contributed by atoms with E-state index in [-0.39, 0.29) is 11.9 Å². The number of benzene rings is 1. The molecule has 0 aliphatic heterocycles. The second kappa shape index (κ2) is 8.43. The lowest BCUT2D eigenvalue weighted by molar-refractivity contribution is -0.120. The van der Waals surface area contributed by atoms with Crippen molar-refractivity contribution in [1.82, 2.24) is 10.6 Å². The minimum atomic E-state index is 0.0414. The zero-order chi connectivity index (χ0) is 15.0. The molecule has 0 saturated carbocycles. The summed E-state index contributed by atoms with van der Waals surface area (Å²) in [5.74, 6) is 1.48. The van der Waals surface area contributed by atoms with E-state index < -0.39 is 0 Å². The fourth-order valence-electron chi connectivity index (χ4n) is 2.05. The van der Waals surface area contributed by atoms with E-state index in [4.69, 9.17) is 9.47 Å². The summed E-state index contributed by atoms with van der Waals surface area (Å²) in [4.78, 5) is 11.2. The fourth-order valence-corrected chi connectivity index (χ4v) is 2.05. The van der Waals surface area contributed by atoms with Crippen LogP contribution in [0.4, 0.5) is 0 Å². The Morgan fingerprint density at radius 1 is 1.25 bits per heavy atom. The molecule has 0 spiro atoms. The number of ether oxygens (including phenoxy) is 2. The van der Waals surface area contributed by atoms with Gasteiger partial charge in [-0.2, -0.15) is 0 Å². The highest BCUT2D eigenvalue weighted by atomic mass is 16.5. The van der Waals surface area contributed by atoms with Gasteiger partial charge in [0.1, 0.15) is 0 Å². The Balaban J connectivity index is 2.71. The monoisotopic (exact) mass is 280 g/mol. The quantitative estimate of drug-likeness (QED) is 0.763. The lowest BCUT2D eigenvalue weighted by Crippen LogP contribution is -2.27. The zero-order valence-electron chi connectivity index (χ0n) is 12.7. The van der Waals surface area contributed by atoms with E-state index in [9.17, 15) is 4.79 Å². The van der Waals surface area contributed by atoms with Gasteiger partial charge in [0, 0.05) is 26.1 Å². The summed E-state index contributed by atoms with van der Waals surface area (Å²) in [5.41, 5.74) is 1.13. The smallest absolute Gasteiger partial charge is 0.221 e. The third kappa shape index (κ3) is 4.42. The Morgan fingerprint density at radius 2 is 1.95 bits per heavy atom. The molecule has 1 atom stereocenters. The van der Waals surface area contributed by atoms with Gasteiger partial charge in [-0.15, -0.1) is 0 Å². The molecule has 0 aromatic heterocycles. The van der Waals surface area contributed by atoms with Gasteiger partial charge in [-0.3, -0.25) is 4.79 Å². The van der Waals surface area contributed by atoms with Crippen LogP contribution >= 0.6 is 0 Å². The van der Waals surface area contributed by atoms with Gasteiger partial charge >= 0.3 is 0 Å². The van der Waals surface area contributed by atoms with Crippen LogP contribution in [0.5, 0.6) is 11.5 Å². The van der Waals surface area contributed by atoms with Gasteiger partial charge in [-0.25, -0.2) is 0 Å². The summed E-state index contributed by atoms with van der Waals surface area (Å²) in [6, 6.07) is 6.08. The van der Waals surface area contributed by atoms with Crippen LogP contribution in [-0.2, 0) is 4.79 Å². The van der Waals surface area contributed by atoms with Crippen molar-refractivity contribution >= 4 is 5.91 Å². The first-order chi connectivity index (χ1) is 9.65. The van der Waals surface area contributed by atoms with Gasteiger partial charge in [0.25, 0.3) is 0 Å². The maximum Gasteiger partial charge on any atom is 0.221 e. The van der Waals surface area contributed by atoms with Crippen molar-refractivity contribution in [2.45, 2.75) is 25.8 Å². The highest BCUT2D eigenvalue weighted by Crippen LogP contribution is 2.30. The lowest BCUT2D eigenvalue weighted by Gasteiger charge is -2.19. The summed E-state index contributed by atoms with van der Waals surface area (Å²) < 4.78 is 10.5. The van der Waals surface area contributed by atoms with E-state index >= 15 is 0 Å². The zero-order valence-corrected chi connectivity index (χ0v) is 12.7. The summed E-state index contributed by atoms with van der Waals surface area (Å²) in [5, 5.41) is 6.00. The van der Waals surface area contributed by atoms with Gasteiger partial charge in [0.15, 0.2) is 11.5 Å². The minimum Gasteiger partial charge on any atom is -0.493 e. The molecule has 0 bridgehead atoms. The van der Waals surface area contributed by atoms with Gasteiger partial charge in [0.05, 0.1) is 14.2 Å². The van der Waals surface area contributed by atoms with Crippen LogP contribution in [0.25, 0.3) is 0 Å². The lowest BCUT2D eigenvalue weighted by atomic mass is 10.0. The average molecular weight is 280 g/mol. The van der Waals surface area contributed by atoms with E-state index in [1.807, 2.05) is 18.2 Å². The predicted molar refractivity (Wildman–Crippen MR) is 79.3 cm³/mol. The molecule has 0 saturated heterocycles. The summed E-state index contributed by atoms with van der Waals surface area (Å²) in [6.45, 7) is 2.75. The van der Waals surface area contributed by atoms with Crippen molar-refractivity contribution in [3.05, 3.63) is 23.8 Å². The summed E-state index contributed by atoms with van der Waals surface area (Å²) >= 11 is 0. The van der Waals surface area contributed by atoms with Crippen molar-refractivity contribution < 1.29 is 14.3 Å². The maximum atomic E-state index is 11.2. The molecule has 1 rings (SSSR count). The number of hydrogen-bond acceptors (Lipinski definition) is 4. The van der Waals surface area contributed by atoms with Crippen molar-refractivity contribution in [1.29, 1.82) is 0 Å². The number of carbonyl (C=O) groups excluding carboxylic acids is 1. The van der Waals surface area contributed by atoms with Crippen LogP contribution in [0.3, 0.4) is 0 Å². The summed E-state index contributed by atoms with van der Waals surface area (Å²) in [7, 11) is 4.89. The maximum absolute atomic E-state index is 11.2. The van der Waals surface area contributed by atoms with Gasteiger partial charge in [-0.05, 0) is 24.1 Å². The number of hydrogen-bond donors (Lipinski definition) is 2. The third-order valence-electron chi connectivity index (χ3n) is 3.24. The van der Waals surface area contributed by atoms with Crippen LogP contribution in [-0.4, -0.2) is 33.7 Å². The van der Waals surface area contributed by atoms with Crippen molar-refractivity contribution in [3.8, 4) is 11.5 Å². The van der Waals surface area contributed by atoms with Crippen LogP contribution in [0.2, 0.25) is 0 Å². The van der Waals surface area contributed by atoms with Crippen LogP contribution < -0.4 is 20.1 Å². The van der Waals surface area contributed by atoms with Crippen molar-refractivity contribution in [2.75, 3.05) is 27.8 Å². The average Bonchev–Trinajstić information content (AvgIpc) is 2.50. The van der Waals surface area contributed by atoms with E-state index in [0.29, 0.717) is 13.0 Å². The Bertz CT molecular complexity index is 435. The molecular formula is C15H24N2O3. The molecule has 112 valence electrons. The first-order valence-electron chi connectivity index (χ1n) is 6.82. The molecule has 1 aromatic carbocycles. The molecule has 2 N–H and O–H groups in total. The molecule has 0 aliphatic rings. The predicted octanol–water partition coefficient (Wildman–Crippen LogP) is 1.88. The SMILES string of the molecule is CCC(NCCC(=O)NC)c1ccc(OC)c(OC)c1. The molecule has 0 fully saturated rings. The standard InChI is InChI=1S/C15H24N2O3/c1-5-12(17-9-8-15(18)16-2)11-6-7-13(19-3)14(10-11)20-4/h6-7,10,12,17H,5,8-9H2,1-4H3,(H,16,18). The second-order valence-electron chi connectivity index (χ2n) is 4.45. The Morgan fingerprint density at radius 3 is 2.50 bits per heavy atom. The van der Waals surface area contributed by atoms with Crippen LogP contribution in [0.15, 0.2) is 18.2 Å². The molecular weight excluding hydrogens is 256 g/mol. The normalized spacial score (nSPS) is 11.8. The molecule has 0 heterocycles. The van der Waals surface area contributed by atoms with Crippen molar-refractivity contribution in [3.63, 3.8) is 0 Å². The molecule has 5 heteroatoms. The first-order valence-corrected chi connectivity index (χ1v) is 6.82. The largest absolute Gasteiger partial charge is 0.493 e. The summed E-state index contributed by atoms with van der Waals surface area (Å²) in [6.07, 6.45) is 1.41. The molecule has 5 nitrogen and oxygen atoms in total.